The van der Waals surface area contributed by atoms with Gasteiger partial charge < -0.3 is 5.32 Å². The van der Waals surface area contributed by atoms with Crippen molar-refractivity contribution in [2.45, 2.75) is 37.0 Å². The number of hydrogen-bond acceptors (Lipinski definition) is 4. The minimum atomic E-state index is 0.0681. The second-order valence-electron chi connectivity index (χ2n) is 4.19. The van der Waals surface area contributed by atoms with E-state index in [0.29, 0.717) is 11.1 Å². The summed E-state index contributed by atoms with van der Waals surface area (Å²) >= 11 is 1.66. The maximum atomic E-state index is 11.5. The fourth-order valence-electron chi connectivity index (χ4n) is 1.26. The Morgan fingerprint density at radius 1 is 1.44 bits per heavy atom. The SMILES string of the molecule is CC(C)Sc1ccc(NC(=O)C2CC2)nn1. The molecule has 0 aromatic carbocycles. The smallest absolute Gasteiger partial charge is 0.228 e. The average molecular weight is 237 g/mol. The topological polar surface area (TPSA) is 54.9 Å². The molecule has 1 aliphatic carbocycles. The van der Waals surface area contributed by atoms with Gasteiger partial charge in [0.1, 0.15) is 5.03 Å². The fraction of sp³-hybridized carbons (Fsp3) is 0.545. The molecule has 1 heterocycles. The van der Waals surface area contributed by atoms with Gasteiger partial charge in [0.15, 0.2) is 5.82 Å². The Hall–Kier alpha value is -1.10. The second-order valence-corrected chi connectivity index (χ2v) is 5.78. The first-order valence-electron chi connectivity index (χ1n) is 5.46. The number of carbonyl (C=O) groups is 1. The van der Waals surface area contributed by atoms with E-state index in [4.69, 9.17) is 0 Å². The third-order valence-electron chi connectivity index (χ3n) is 2.20. The molecule has 5 heteroatoms. The van der Waals surface area contributed by atoms with Crippen molar-refractivity contribution in [3.63, 3.8) is 0 Å². The summed E-state index contributed by atoms with van der Waals surface area (Å²) in [7, 11) is 0. The molecule has 16 heavy (non-hydrogen) atoms. The van der Waals surface area contributed by atoms with E-state index in [1.54, 1.807) is 17.8 Å². The van der Waals surface area contributed by atoms with E-state index in [1.165, 1.54) is 0 Å². The minimum absolute atomic E-state index is 0.0681. The van der Waals surface area contributed by atoms with Crippen LogP contribution in [0.25, 0.3) is 0 Å². The Morgan fingerprint density at radius 3 is 2.69 bits per heavy atom. The van der Waals surface area contributed by atoms with E-state index in [2.05, 4.69) is 29.4 Å². The summed E-state index contributed by atoms with van der Waals surface area (Å²) in [6, 6.07) is 3.69. The number of hydrogen-bond donors (Lipinski definition) is 1. The Bertz CT molecular complexity index is 373. The lowest BCUT2D eigenvalue weighted by atomic mass is 10.4. The molecule has 1 amide bonds. The normalized spacial score (nSPS) is 15.2. The van der Waals surface area contributed by atoms with Crippen LogP contribution in [0.4, 0.5) is 5.82 Å². The molecule has 1 aromatic heterocycles. The van der Waals surface area contributed by atoms with Gasteiger partial charge in [0, 0.05) is 11.2 Å². The molecule has 1 fully saturated rings. The standard InChI is InChI=1S/C11H15N3OS/c1-7(2)16-10-6-5-9(13-14-10)12-11(15)8-3-4-8/h5-8H,3-4H2,1-2H3,(H,12,13,15). The highest BCUT2D eigenvalue weighted by Gasteiger charge is 2.29. The lowest BCUT2D eigenvalue weighted by molar-refractivity contribution is -0.117. The number of carbonyl (C=O) groups excluding carboxylic acids is 1. The molecule has 0 spiro atoms. The third-order valence-corrected chi connectivity index (χ3v) is 3.13. The van der Waals surface area contributed by atoms with Crippen LogP contribution in [0.5, 0.6) is 0 Å². The maximum absolute atomic E-state index is 11.5. The average Bonchev–Trinajstić information content (AvgIpc) is 3.03. The molecule has 4 nitrogen and oxygen atoms in total. The van der Waals surface area contributed by atoms with Crippen LogP contribution in [0.2, 0.25) is 0 Å². The highest BCUT2D eigenvalue weighted by molar-refractivity contribution is 7.99. The summed E-state index contributed by atoms with van der Waals surface area (Å²) < 4.78 is 0. The van der Waals surface area contributed by atoms with Crippen LogP contribution in [-0.4, -0.2) is 21.4 Å². The second kappa shape index (κ2) is 4.82. The molecule has 0 saturated heterocycles. The van der Waals surface area contributed by atoms with Gasteiger partial charge in [0.05, 0.1) is 0 Å². The summed E-state index contributed by atoms with van der Waals surface area (Å²) in [6.45, 7) is 4.21. The van der Waals surface area contributed by atoms with Crippen molar-refractivity contribution < 1.29 is 4.79 Å². The van der Waals surface area contributed by atoms with E-state index >= 15 is 0 Å². The van der Waals surface area contributed by atoms with Gasteiger partial charge in [-0.15, -0.1) is 22.0 Å². The van der Waals surface area contributed by atoms with Crippen molar-refractivity contribution in [1.82, 2.24) is 10.2 Å². The van der Waals surface area contributed by atoms with E-state index in [-0.39, 0.29) is 11.8 Å². The lowest BCUT2D eigenvalue weighted by Crippen LogP contribution is -2.14. The van der Waals surface area contributed by atoms with E-state index < -0.39 is 0 Å². The molecule has 0 atom stereocenters. The Kier molecular flexibility index (Phi) is 3.43. The van der Waals surface area contributed by atoms with Gasteiger partial charge in [-0.3, -0.25) is 4.79 Å². The molecule has 1 aromatic rings. The predicted octanol–water partition coefficient (Wildman–Crippen LogP) is 2.33. The molecule has 1 N–H and O–H groups in total. The van der Waals surface area contributed by atoms with Crippen LogP contribution in [0.3, 0.4) is 0 Å². The Morgan fingerprint density at radius 2 is 2.19 bits per heavy atom. The molecule has 1 aliphatic rings. The monoisotopic (exact) mass is 237 g/mol. The van der Waals surface area contributed by atoms with Crippen molar-refractivity contribution >= 4 is 23.5 Å². The number of nitrogens with zero attached hydrogens (tertiary/aromatic N) is 2. The fourth-order valence-corrected chi connectivity index (χ4v) is 1.98. The number of thioether (sulfide) groups is 1. The van der Waals surface area contributed by atoms with E-state index in [1.807, 2.05) is 6.07 Å². The number of rotatable bonds is 4. The van der Waals surface area contributed by atoms with Crippen LogP contribution in [-0.2, 0) is 4.79 Å². The number of nitrogens with one attached hydrogen (secondary N) is 1. The highest BCUT2D eigenvalue weighted by atomic mass is 32.2. The molecular formula is C11H15N3OS. The Balaban J connectivity index is 1.93. The molecule has 0 radical (unpaired) electrons. The molecular weight excluding hydrogens is 222 g/mol. The first-order valence-corrected chi connectivity index (χ1v) is 6.34. The lowest BCUT2D eigenvalue weighted by Gasteiger charge is -2.05. The first-order chi connectivity index (χ1) is 7.65. The number of amides is 1. The van der Waals surface area contributed by atoms with Crippen molar-refractivity contribution in [2.24, 2.45) is 5.92 Å². The zero-order chi connectivity index (χ0) is 11.5. The van der Waals surface area contributed by atoms with Gasteiger partial charge in [-0.25, -0.2) is 0 Å². The third kappa shape index (κ3) is 3.20. The van der Waals surface area contributed by atoms with Gasteiger partial charge in [-0.05, 0) is 25.0 Å². The summed E-state index contributed by atoms with van der Waals surface area (Å²) in [5.74, 6) is 0.815. The summed E-state index contributed by atoms with van der Waals surface area (Å²) in [5.41, 5.74) is 0. The van der Waals surface area contributed by atoms with Gasteiger partial charge in [-0.1, -0.05) is 13.8 Å². The van der Waals surface area contributed by atoms with Crippen LogP contribution in [0, 0.1) is 5.92 Å². The van der Waals surface area contributed by atoms with Crippen molar-refractivity contribution in [1.29, 1.82) is 0 Å². The summed E-state index contributed by atoms with van der Waals surface area (Å²) in [6.07, 6.45) is 2.00. The maximum Gasteiger partial charge on any atom is 0.228 e. The number of aromatic nitrogens is 2. The minimum Gasteiger partial charge on any atom is -0.309 e. The summed E-state index contributed by atoms with van der Waals surface area (Å²) in [5, 5.41) is 12.2. The van der Waals surface area contributed by atoms with Crippen LogP contribution in [0.15, 0.2) is 17.2 Å². The Labute approximate surface area is 99.2 Å². The van der Waals surface area contributed by atoms with Crippen LogP contribution >= 0.6 is 11.8 Å². The largest absolute Gasteiger partial charge is 0.309 e. The molecule has 0 unspecified atom stereocenters. The number of anilines is 1. The van der Waals surface area contributed by atoms with Crippen molar-refractivity contribution in [3.05, 3.63) is 12.1 Å². The quantitative estimate of drug-likeness (QED) is 0.817. The van der Waals surface area contributed by atoms with Gasteiger partial charge in [0.2, 0.25) is 5.91 Å². The molecule has 86 valence electrons. The summed E-state index contributed by atoms with van der Waals surface area (Å²) in [4.78, 5) is 11.5. The van der Waals surface area contributed by atoms with E-state index in [9.17, 15) is 4.79 Å². The van der Waals surface area contributed by atoms with Crippen molar-refractivity contribution in [2.75, 3.05) is 5.32 Å². The van der Waals surface area contributed by atoms with Crippen LogP contribution in [0.1, 0.15) is 26.7 Å². The van der Waals surface area contributed by atoms with Crippen molar-refractivity contribution in [3.8, 4) is 0 Å². The van der Waals surface area contributed by atoms with Gasteiger partial charge >= 0.3 is 0 Å². The van der Waals surface area contributed by atoms with Crippen LogP contribution < -0.4 is 5.32 Å². The van der Waals surface area contributed by atoms with Gasteiger partial charge in [0.25, 0.3) is 0 Å². The zero-order valence-corrected chi connectivity index (χ0v) is 10.3. The molecule has 2 rings (SSSR count). The molecule has 1 saturated carbocycles. The zero-order valence-electron chi connectivity index (χ0n) is 9.43. The molecule has 0 bridgehead atoms. The predicted molar refractivity (Wildman–Crippen MR) is 64.4 cm³/mol. The first kappa shape index (κ1) is 11.4. The highest BCUT2D eigenvalue weighted by Crippen LogP contribution is 2.30. The van der Waals surface area contributed by atoms with E-state index in [0.717, 1.165) is 17.9 Å². The molecule has 0 aliphatic heterocycles. The van der Waals surface area contributed by atoms with Gasteiger partial charge in [-0.2, -0.15) is 0 Å².